The molecule has 6 unspecified atom stereocenters. The lowest BCUT2D eigenvalue weighted by Gasteiger charge is -2.39. The number of rotatable bonds is 42. The maximum atomic E-state index is 12.8. The summed E-state index contributed by atoms with van der Waals surface area (Å²) < 4.78 is 22.8. The topological polar surface area (TPSA) is 135 Å². The molecule has 0 amide bonds. The first-order chi connectivity index (χ1) is 29.9. The van der Waals surface area contributed by atoms with Crippen LogP contribution in [0.25, 0.3) is 0 Å². The predicted molar refractivity (Wildman–Crippen MR) is 251 cm³/mol. The lowest BCUT2D eigenvalue weighted by atomic mass is 9.99. The molecular weight excluding hydrogens is 769 g/mol. The van der Waals surface area contributed by atoms with Crippen molar-refractivity contribution in [2.75, 3.05) is 26.4 Å². The van der Waals surface area contributed by atoms with Gasteiger partial charge < -0.3 is 39.4 Å². The maximum Gasteiger partial charge on any atom is 0.306 e. The Bertz CT molecular complexity index is 1120. The van der Waals surface area contributed by atoms with E-state index in [2.05, 4.69) is 74.6 Å². The van der Waals surface area contributed by atoms with E-state index in [1.54, 1.807) is 0 Å². The number of hydrogen-bond acceptors (Lipinski definition) is 9. The molecule has 61 heavy (non-hydrogen) atoms. The van der Waals surface area contributed by atoms with Crippen molar-refractivity contribution in [3.63, 3.8) is 0 Å². The van der Waals surface area contributed by atoms with E-state index in [4.69, 9.17) is 18.9 Å². The number of aliphatic hydroxyl groups excluding tert-OH is 4. The molecule has 9 nitrogen and oxygen atoms in total. The van der Waals surface area contributed by atoms with Gasteiger partial charge in [-0.25, -0.2) is 0 Å². The minimum atomic E-state index is -1.54. The first-order valence-electron chi connectivity index (χ1n) is 24.9. The minimum absolute atomic E-state index is 0.118. The molecule has 1 heterocycles. The zero-order valence-corrected chi connectivity index (χ0v) is 38.9. The van der Waals surface area contributed by atoms with Crippen molar-refractivity contribution in [1.82, 2.24) is 0 Å². The molecule has 0 aromatic carbocycles. The SMILES string of the molecule is CC/C=C\C/C=C\C/C=C\C/C=C\CCCCCCCCCCCCCCCOCC(COC1OC(CO)C(O)C(O)C1O)OC(=O)CCCCCCC/C=C\CCCCC. The molecule has 354 valence electrons. The summed E-state index contributed by atoms with van der Waals surface area (Å²) in [5.41, 5.74) is 0. The van der Waals surface area contributed by atoms with Crippen LogP contribution in [-0.4, -0.2) is 89.6 Å². The van der Waals surface area contributed by atoms with Crippen molar-refractivity contribution in [2.24, 2.45) is 0 Å². The number of unbranched alkanes of at least 4 members (excludes halogenated alkanes) is 21. The van der Waals surface area contributed by atoms with Gasteiger partial charge in [-0.1, -0.05) is 177 Å². The third kappa shape index (κ3) is 34.0. The molecule has 0 aromatic rings. The van der Waals surface area contributed by atoms with E-state index < -0.39 is 43.4 Å². The number of carbonyl (C=O) groups excluding carboxylic acids is 1. The van der Waals surface area contributed by atoms with Gasteiger partial charge in [0, 0.05) is 13.0 Å². The summed E-state index contributed by atoms with van der Waals surface area (Å²) in [6.45, 7) is 4.41. The third-order valence-corrected chi connectivity index (χ3v) is 11.2. The lowest BCUT2D eigenvalue weighted by molar-refractivity contribution is -0.305. The first-order valence-corrected chi connectivity index (χ1v) is 24.9. The first kappa shape index (κ1) is 56.9. The van der Waals surface area contributed by atoms with Gasteiger partial charge in [0.25, 0.3) is 0 Å². The van der Waals surface area contributed by atoms with Crippen LogP contribution in [0.5, 0.6) is 0 Å². The van der Waals surface area contributed by atoms with Gasteiger partial charge in [0.1, 0.15) is 30.5 Å². The van der Waals surface area contributed by atoms with Gasteiger partial charge in [0.2, 0.25) is 0 Å². The molecule has 9 heteroatoms. The van der Waals surface area contributed by atoms with Crippen LogP contribution in [0.3, 0.4) is 0 Å². The van der Waals surface area contributed by atoms with Crippen LogP contribution in [-0.2, 0) is 23.7 Å². The number of hydrogen-bond donors (Lipinski definition) is 4. The van der Waals surface area contributed by atoms with Crippen LogP contribution in [0.15, 0.2) is 60.8 Å². The summed E-state index contributed by atoms with van der Waals surface area (Å²) in [5.74, 6) is -0.325. The maximum absolute atomic E-state index is 12.8. The average Bonchev–Trinajstić information content (AvgIpc) is 3.26. The number of ether oxygens (including phenoxy) is 4. The Kier molecular flexibility index (Phi) is 40.3. The lowest BCUT2D eigenvalue weighted by Crippen LogP contribution is -2.59. The molecule has 0 aliphatic carbocycles. The van der Waals surface area contributed by atoms with Gasteiger partial charge in [0.15, 0.2) is 6.29 Å². The van der Waals surface area contributed by atoms with Crippen LogP contribution in [0.1, 0.15) is 200 Å². The molecule has 0 saturated carbocycles. The normalized spacial score (nSPS) is 20.4. The fourth-order valence-corrected chi connectivity index (χ4v) is 7.30. The summed E-state index contributed by atoms with van der Waals surface area (Å²) >= 11 is 0. The van der Waals surface area contributed by atoms with E-state index in [9.17, 15) is 25.2 Å². The Morgan fingerprint density at radius 3 is 1.52 bits per heavy atom. The van der Waals surface area contributed by atoms with Crippen LogP contribution >= 0.6 is 0 Å². The highest BCUT2D eigenvalue weighted by Crippen LogP contribution is 2.23. The van der Waals surface area contributed by atoms with Crippen molar-refractivity contribution in [1.29, 1.82) is 0 Å². The molecule has 1 aliphatic rings. The molecule has 4 N–H and O–H groups in total. The van der Waals surface area contributed by atoms with Crippen molar-refractivity contribution >= 4 is 5.97 Å². The minimum Gasteiger partial charge on any atom is -0.457 e. The van der Waals surface area contributed by atoms with E-state index in [1.165, 1.54) is 109 Å². The monoisotopic (exact) mass is 861 g/mol. The van der Waals surface area contributed by atoms with Gasteiger partial charge in [-0.3, -0.25) is 4.79 Å². The Balaban J connectivity index is 2.16. The summed E-state index contributed by atoms with van der Waals surface area (Å²) in [6.07, 6.45) is 48.3. The Hall–Kier alpha value is -2.11. The highest BCUT2D eigenvalue weighted by Gasteiger charge is 2.44. The summed E-state index contributed by atoms with van der Waals surface area (Å²) in [6, 6.07) is 0. The molecule has 1 rings (SSSR count). The number of carbonyl (C=O) groups is 1. The van der Waals surface area contributed by atoms with E-state index in [1.807, 2.05) is 0 Å². The van der Waals surface area contributed by atoms with Gasteiger partial charge in [0.05, 0.1) is 19.8 Å². The highest BCUT2D eigenvalue weighted by atomic mass is 16.7. The number of esters is 1. The zero-order valence-electron chi connectivity index (χ0n) is 38.9. The molecule has 0 aromatic heterocycles. The van der Waals surface area contributed by atoms with Crippen LogP contribution in [0.4, 0.5) is 0 Å². The number of aliphatic hydroxyl groups is 4. The van der Waals surface area contributed by atoms with Crippen LogP contribution in [0.2, 0.25) is 0 Å². The van der Waals surface area contributed by atoms with E-state index in [0.717, 1.165) is 70.6 Å². The van der Waals surface area contributed by atoms with Crippen molar-refractivity contribution in [3.8, 4) is 0 Å². The summed E-state index contributed by atoms with van der Waals surface area (Å²) in [4.78, 5) is 12.8. The van der Waals surface area contributed by atoms with E-state index in [-0.39, 0.29) is 19.2 Å². The Morgan fingerprint density at radius 1 is 0.541 bits per heavy atom. The Labute approximate surface area is 373 Å². The second-order valence-corrected chi connectivity index (χ2v) is 16.9. The molecule has 0 bridgehead atoms. The molecule has 0 radical (unpaired) electrons. The second-order valence-electron chi connectivity index (χ2n) is 16.9. The molecule has 1 aliphatic heterocycles. The van der Waals surface area contributed by atoms with Gasteiger partial charge >= 0.3 is 5.97 Å². The summed E-state index contributed by atoms with van der Waals surface area (Å²) in [5, 5.41) is 40.2. The van der Waals surface area contributed by atoms with E-state index in [0.29, 0.717) is 13.0 Å². The smallest absolute Gasteiger partial charge is 0.306 e. The van der Waals surface area contributed by atoms with Crippen LogP contribution in [0, 0.1) is 0 Å². The van der Waals surface area contributed by atoms with Gasteiger partial charge in [-0.05, 0) is 77.0 Å². The quantitative estimate of drug-likeness (QED) is 0.0269. The third-order valence-electron chi connectivity index (χ3n) is 11.2. The molecular formula is C52H92O9. The summed E-state index contributed by atoms with van der Waals surface area (Å²) in [7, 11) is 0. The average molecular weight is 861 g/mol. The van der Waals surface area contributed by atoms with Crippen molar-refractivity contribution in [3.05, 3.63) is 60.8 Å². The number of allylic oxidation sites excluding steroid dienone is 10. The fourth-order valence-electron chi connectivity index (χ4n) is 7.30. The largest absolute Gasteiger partial charge is 0.457 e. The fraction of sp³-hybridized carbons (Fsp3) is 0.788. The molecule has 6 atom stereocenters. The van der Waals surface area contributed by atoms with Crippen molar-refractivity contribution < 1.29 is 44.2 Å². The van der Waals surface area contributed by atoms with Crippen molar-refractivity contribution in [2.45, 2.75) is 237 Å². The molecule has 0 spiro atoms. The zero-order chi connectivity index (χ0) is 44.3. The van der Waals surface area contributed by atoms with Gasteiger partial charge in [-0.2, -0.15) is 0 Å². The van der Waals surface area contributed by atoms with Crippen LogP contribution < -0.4 is 0 Å². The Morgan fingerprint density at radius 2 is 1.00 bits per heavy atom. The van der Waals surface area contributed by atoms with Gasteiger partial charge in [-0.15, -0.1) is 0 Å². The highest BCUT2D eigenvalue weighted by molar-refractivity contribution is 5.69. The van der Waals surface area contributed by atoms with E-state index >= 15 is 0 Å². The molecule has 1 fully saturated rings. The second kappa shape index (κ2) is 43.2. The molecule has 1 saturated heterocycles. The standard InChI is InChI=1S/C52H92O9/c1-3-5-7-9-11-13-15-17-18-19-20-21-22-23-24-25-26-27-28-29-30-32-34-36-38-40-42-58-44-46(45-59-52-51(57)50(56)49(55)47(43-53)61-52)60-48(54)41-39-37-35-33-31-16-14-12-10-8-6-4-2/h5,7,11-14,17-18,20-21,46-47,49-53,55-57H,3-4,6,8-10,15-16,19,22-45H2,1-2H3/b7-5-,13-11-,14-12-,18-17-,21-20-. The predicted octanol–water partition coefficient (Wildman–Crippen LogP) is 11.9.